The van der Waals surface area contributed by atoms with Crippen LogP contribution in [0.2, 0.25) is 0 Å². The third kappa shape index (κ3) is 55.9. The van der Waals surface area contributed by atoms with Crippen molar-refractivity contribution in [2.24, 2.45) is 0 Å². The summed E-state index contributed by atoms with van der Waals surface area (Å²) in [7, 11) is 0. The minimum Gasteiger partial charge on any atom is -0.462 e. The summed E-state index contributed by atoms with van der Waals surface area (Å²) in [5, 5.41) is 0. The van der Waals surface area contributed by atoms with E-state index in [1.165, 1.54) is 180 Å². The van der Waals surface area contributed by atoms with E-state index in [1.807, 2.05) is 0 Å². The standard InChI is InChI=1S/C63H112O6/c1-4-7-10-13-16-19-22-25-28-31-34-37-40-43-46-49-52-55-61(64)67-58-60(69-63(66)57-54-51-48-45-42-39-36-33-30-27-24-21-18-15-12-9-6-3)59-68-62(65)56-53-50-47-44-41-38-35-32-29-26-23-20-17-14-11-8-5-2/h16,18-19,21,25-30,60H,4-15,17,20,22-24,31-59H2,1-3H3/b19-16-,21-18-,28-25-,29-26-,30-27-. The molecule has 0 aliphatic rings. The number of unbranched alkanes of at least 4 members (excludes halogenated alkanes) is 33. The molecule has 400 valence electrons. The summed E-state index contributed by atoms with van der Waals surface area (Å²) in [6.45, 7) is 6.60. The fourth-order valence-corrected chi connectivity index (χ4v) is 8.44. The highest BCUT2D eigenvalue weighted by atomic mass is 16.6. The lowest BCUT2D eigenvalue weighted by molar-refractivity contribution is -0.167. The molecule has 0 aromatic heterocycles. The molecule has 0 aromatic rings. The largest absolute Gasteiger partial charge is 0.462 e. The van der Waals surface area contributed by atoms with Crippen molar-refractivity contribution in [2.75, 3.05) is 13.2 Å². The van der Waals surface area contributed by atoms with Crippen LogP contribution in [0.15, 0.2) is 60.8 Å². The molecule has 6 heteroatoms. The second-order valence-electron chi connectivity index (χ2n) is 19.9. The Morgan fingerprint density at radius 3 is 0.841 bits per heavy atom. The maximum absolute atomic E-state index is 12.9. The molecule has 0 aliphatic carbocycles. The van der Waals surface area contributed by atoms with Gasteiger partial charge in [-0.15, -0.1) is 0 Å². The molecule has 0 aromatic carbocycles. The van der Waals surface area contributed by atoms with Gasteiger partial charge in [0.25, 0.3) is 0 Å². The first-order valence-corrected chi connectivity index (χ1v) is 29.8. The Morgan fingerprint density at radius 2 is 0.522 bits per heavy atom. The van der Waals surface area contributed by atoms with Gasteiger partial charge in [0.2, 0.25) is 0 Å². The van der Waals surface area contributed by atoms with Gasteiger partial charge in [0.05, 0.1) is 0 Å². The van der Waals surface area contributed by atoms with E-state index in [9.17, 15) is 14.4 Å². The molecular formula is C63H112O6. The van der Waals surface area contributed by atoms with Gasteiger partial charge in [-0.05, 0) is 109 Å². The van der Waals surface area contributed by atoms with Crippen molar-refractivity contribution in [3.63, 3.8) is 0 Å². The summed E-state index contributed by atoms with van der Waals surface area (Å²) in [5.74, 6) is -0.889. The van der Waals surface area contributed by atoms with Crippen LogP contribution in [0.25, 0.3) is 0 Å². The van der Waals surface area contributed by atoms with Crippen molar-refractivity contribution in [1.29, 1.82) is 0 Å². The maximum Gasteiger partial charge on any atom is 0.306 e. The van der Waals surface area contributed by atoms with Crippen molar-refractivity contribution in [3.05, 3.63) is 60.8 Å². The highest BCUT2D eigenvalue weighted by molar-refractivity contribution is 5.71. The first-order valence-electron chi connectivity index (χ1n) is 29.8. The van der Waals surface area contributed by atoms with Crippen LogP contribution in [0.4, 0.5) is 0 Å². The Balaban J connectivity index is 4.40. The molecule has 0 radical (unpaired) electrons. The molecule has 69 heavy (non-hydrogen) atoms. The highest BCUT2D eigenvalue weighted by Gasteiger charge is 2.19. The van der Waals surface area contributed by atoms with Crippen molar-refractivity contribution in [3.8, 4) is 0 Å². The molecule has 1 unspecified atom stereocenters. The van der Waals surface area contributed by atoms with Crippen LogP contribution >= 0.6 is 0 Å². The minimum absolute atomic E-state index is 0.0812. The van der Waals surface area contributed by atoms with Gasteiger partial charge in [0.15, 0.2) is 6.10 Å². The lowest BCUT2D eigenvalue weighted by Crippen LogP contribution is -2.30. The SMILES string of the molecule is CCCCC/C=C\C/C=C\CCCCCCCCCC(=O)OCC(COC(=O)CCCCCCCCC/C=C\CCCCCCCC)OC(=O)CCCCCCCCC/C=C\C/C=C\CCCCC. The van der Waals surface area contributed by atoms with Crippen LogP contribution in [0, 0.1) is 0 Å². The summed E-state index contributed by atoms with van der Waals surface area (Å²) in [6.07, 6.45) is 72.0. The van der Waals surface area contributed by atoms with Crippen LogP contribution in [-0.2, 0) is 28.6 Å². The van der Waals surface area contributed by atoms with Crippen LogP contribution in [0.5, 0.6) is 0 Å². The van der Waals surface area contributed by atoms with Crippen molar-refractivity contribution < 1.29 is 28.6 Å². The Morgan fingerprint density at radius 1 is 0.290 bits per heavy atom. The fraction of sp³-hybridized carbons (Fsp3) is 0.794. The molecule has 0 heterocycles. The van der Waals surface area contributed by atoms with E-state index in [2.05, 4.69) is 81.5 Å². The molecule has 0 spiro atoms. The summed E-state index contributed by atoms with van der Waals surface area (Å²) in [4.78, 5) is 38.2. The van der Waals surface area contributed by atoms with E-state index >= 15 is 0 Å². The number of allylic oxidation sites excluding steroid dienone is 10. The zero-order chi connectivity index (χ0) is 50.0. The lowest BCUT2D eigenvalue weighted by atomic mass is 10.1. The third-order valence-electron chi connectivity index (χ3n) is 13.0. The van der Waals surface area contributed by atoms with Gasteiger partial charge < -0.3 is 14.2 Å². The van der Waals surface area contributed by atoms with E-state index in [-0.39, 0.29) is 31.1 Å². The number of hydrogen-bond donors (Lipinski definition) is 0. The number of hydrogen-bond acceptors (Lipinski definition) is 6. The van der Waals surface area contributed by atoms with Gasteiger partial charge in [0, 0.05) is 19.3 Å². The number of carbonyl (C=O) groups is 3. The molecule has 0 fully saturated rings. The van der Waals surface area contributed by atoms with Gasteiger partial charge in [-0.25, -0.2) is 0 Å². The Labute approximate surface area is 428 Å². The average molecular weight is 966 g/mol. The highest BCUT2D eigenvalue weighted by Crippen LogP contribution is 2.15. The first-order chi connectivity index (χ1) is 34.0. The van der Waals surface area contributed by atoms with E-state index in [4.69, 9.17) is 14.2 Å². The van der Waals surface area contributed by atoms with Crippen molar-refractivity contribution in [2.45, 2.75) is 309 Å². The second-order valence-corrected chi connectivity index (χ2v) is 19.9. The molecule has 0 rings (SSSR count). The number of esters is 3. The van der Waals surface area contributed by atoms with Crippen LogP contribution < -0.4 is 0 Å². The van der Waals surface area contributed by atoms with E-state index in [1.54, 1.807) is 0 Å². The topological polar surface area (TPSA) is 78.9 Å². The summed E-state index contributed by atoms with van der Waals surface area (Å²) in [5.41, 5.74) is 0. The fourth-order valence-electron chi connectivity index (χ4n) is 8.44. The number of rotatable bonds is 54. The number of carbonyl (C=O) groups excluding carboxylic acids is 3. The number of ether oxygens (including phenoxy) is 3. The molecule has 0 saturated carbocycles. The molecule has 0 N–H and O–H groups in total. The summed E-state index contributed by atoms with van der Waals surface area (Å²) in [6, 6.07) is 0. The van der Waals surface area contributed by atoms with E-state index in [0.29, 0.717) is 19.3 Å². The van der Waals surface area contributed by atoms with Crippen LogP contribution in [0.1, 0.15) is 303 Å². The smallest absolute Gasteiger partial charge is 0.306 e. The molecule has 6 nitrogen and oxygen atoms in total. The normalized spacial score (nSPS) is 12.4. The Hall–Kier alpha value is -2.89. The third-order valence-corrected chi connectivity index (χ3v) is 13.0. The zero-order valence-electron chi connectivity index (χ0n) is 45.8. The first kappa shape index (κ1) is 66.1. The summed E-state index contributed by atoms with van der Waals surface area (Å²) >= 11 is 0. The maximum atomic E-state index is 12.9. The van der Waals surface area contributed by atoms with E-state index < -0.39 is 6.10 Å². The average Bonchev–Trinajstić information content (AvgIpc) is 3.35. The molecule has 0 aliphatic heterocycles. The van der Waals surface area contributed by atoms with Gasteiger partial charge in [-0.2, -0.15) is 0 Å². The monoisotopic (exact) mass is 965 g/mol. The predicted molar refractivity (Wildman–Crippen MR) is 298 cm³/mol. The lowest BCUT2D eigenvalue weighted by Gasteiger charge is -2.18. The van der Waals surface area contributed by atoms with Crippen LogP contribution in [-0.4, -0.2) is 37.2 Å². The quantitative estimate of drug-likeness (QED) is 0.0262. The molecule has 0 amide bonds. The Bertz CT molecular complexity index is 1250. The minimum atomic E-state index is -0.784. The van der Waals surface area contributed by atoms with Gasteiger partial charge in [-0.3, -0.25) is 14.4 Å². The molecule has 0 saturated heterocycles. The molecule has 0 bridgehead atoms. The van der Waals surface area contributed by atoms with Gasteiger partial charge >= 0.3 is 17.9 Å². The molecule has 1 atom stereocenters. The van der Waals surface area contributed by atoms with Gasteiger partial charge in [-0.1, -0.05) is 236 Å². The second kappa shape index (κ2) is 57.7. The van der Waals surface area contributed by atoms with Gasteiger partial charge in [0.1, 0.15) is 13.2 Å². The Kier molecular flexibility index (Phi) is 55.3. The molecular weight excluding hydrogens is 853 g/mol. The van der Waals surface area contributed by atoms with Crippen molar-refractivity contribution >= 4 is 17.9 Å². The van der Waals surface area contributed by atoms with E-state index in [0.717, 1.165) is 83.5 Å². The predicted octanol–water partition coefficient (Wildman–Crippen LogP) is 20.0. The van der Waals surface area contributed by atoms with Crippen LogP contribution in [0.3, 0.4) is 0 Å². The summed E-state index contributed by atoms with van der Waals surface area (Å²) < 4.78 is 16.9. The van der Waals surface area contributed by atoms with Crippen molar-refractivity contribution in [1.82, 2.24) is 0 Å². The zero-order valence-corrected chi connectivity index (χ0v) is 45.8.